The zero-order chi connectivity index (χ0) is 16.2. The molecule has 1 atom stereocenters. The van der Waals surface area contributed by atoms with E-state index < -0.39 is 0 Å². The number of rotatable bonds is 5. The lowest BCUT2D eigenvalue weighted by Crippen LogP contribution is -2.28. The second-order valence-electron chi connectivity index (χ2n) is 5.41. The van der Waals surface area contributed by atoms with E-state index in [2.05, 4.69) is 15.5 Å². The molecular weight excluding hydrogens is 298 g/mol. The van der Waals surface area contributed by atoms with E-state index in [1.807, 2.05) is 12.1 Å². The number of benzene rings is 1. The number of ether oxygens (including phenoxy) is 3. The number of hydrogen-bond acceptors (Lipinski definition) is 7. The fourth-order valence-electron chi connectivity index (χ4n) is 2.79. The van der Waals surface area contributed by atoms with Gasteiger partial charge < -0.3 is 24.1 Å². The molecule has 1 N–H and O–H groups in total. The average molecular weight is 319 g/mol. The maximum atomic E-state index is 5.45. The number of aromatic nitrogens is 2. The molecule has 1 saturated heterocycles. The topological polar surface area (TPSA) is 78.6 Å². The smallest absolute Gasteiger partial charge is 0.231 e. The van der Waals surface area contributed by atoms with Gasteiger partial charge in [-0.1, -0.05) is 5.16 Å². The van der Waals surface area contributed by atoms with Crippen molar-refractivity contribution in [3.63, 3.8) is 0 Å². The van der Waals surface area contributed by atoms with E-state index in [0.29, 0.717) is 29.0 Å². The van der Waals surface area contributed by atoms with Crippen molar-refractivity contribution in [3.8, 4) is 28.6 Å². The number of nitrogens with one attached hydrogen (secondary N) is 1. The van der Waals surface area contributed by atoms with E-state index in [1.54, 1.807) is 21.3 Å². The Hall–Kier alpha value is -2.28. The lowest BCUT2D eigenvalue weighted by Gasteiger charge is -2.18. The van der Waals surface area contributed by atoms with Crippen LogP contribution in [-0.2, 0) is 0 Å². The fourth-order valence-corrected chi connectivity index (χ4v) is 2.79. The second-order valence-corrected chi connectivity index (χ2v) is 5.41. The van der Waals surface area contributed by atoms with Crippen LogP contribution < -0.4 is 19.5 Å². The second kappa shape index (κ2) is 6.87. The molecule has 1 fully saturated rings. The molecule has 1 aromatic heterocycles. The number of nitrogens with zero attached hydrogens (tertiary/aromatic N) is 2. The largest absolute Gasteiger partial charge is 0.493 e. The van der Waals surface area contributed by atoms with E-state index in [1.165, 1.54) is 0 Å². The summed E-state index contributed by atoms with van der Waals surface area (Å²) >= 11 is 0. The first-order valence-electron chi connectivity index (χ1n) is 7.61. The molecule has 7 nitrogen and oxygen atoms in total. The van der Waals surface area contributed by atoms with Gasteiger partial charge in [0.15, 0.2) is 11.5 Å². The zero-order valence-corrected chi connectivity index (χ0v) is 13.6. The van der Waals surface area contributed by atoms with Gasteiger partial charge in [0.05, 0.1) is 27.2 Å². The van der Waals surface area contributed by atoms with Crippen LogP contribution in [0.5, 0.6) is 17.2 Å². The first-order valence-corrected chi connectivity index (χ1v) is 7.61. The zero-order valence-electron chi connectivity index (χ0n) is 13.6. The van der Waals surface area contributed by atoms with Gasteiger partial charge in [0.25, 0.3) is 0 Å². The van der Waals surface area contributed by atoms with Crippen molar-refractivity contribution in [1.82, 2.24) is 15.5 Å². The molecule has 23 heavy (non-hydrogen) atoms. The van der Waals surface area contributed by atoms with E-state index in [0.717, 1.165) is 31.5 Å². The Balaban J connectivity index is 1.93. The molecule has 0 radical (unpaired) electrons. The Morgan fingerprint density at radius 1 is 1.13 bits per heavy atom. The molecule has 0 aliphatic carbocycles. The average Bonchev–Trinajstić information content (AvgIpc) is 3.11. The molecule has 3 rings (SSSR count). The van der Waals surface area contributed by atoms with Crippen LogP contribution in [0, 0.1) is 0 Å². The summed E-state index contributed by atoms with van der Waals surface area (Å²) in [5.41, 5.74) is 0.762. The van der Waals surface area contributed by atoms with Crippen LogP contribution in [0.2, 0.25) is 0 Å². The minimum atomic E-state index is 0.270. The normalized spacial score (nSPS) is 17.8. The summed E-state index contributed by atoms with van der Waals surface area (Å²) in [6.07, 6.45) is 2.18. The Kier molecular flexibility index (Phi) is 4.66. The van der Waals surface area contributed by atoms with Crippen molar-refractivity contribution in [2.45, 2.75) is 18.8 Å². The molecule has 0 unspecified atom stereocenters. The van der Waals surface area contributed by atoms with Gasteiger partial charge in [-0.2, -0.15) is 4.98 Å². The molecule has 0 saturated carbocycles. The third kappa shape index (κ3) is 3.10. The van der Waals surface area contributed by atoms with Gasteiger partial charge in [-0.25, -0.2) is 0 Å². The molecule has 2 aromatic rings. The van der Waals surface area contributed by atoms with Gasteiger partial charge in [-0.05, 0) is 31.5 Å². The molecular formula is C16H21N3O4. The summed E-state index contributed by atoms with van der Waals surface area (Å²) < 4.78 is 21.5. The number of methoxy groups -OCH3 is 3. The van der Waals surface area contributed by atoms with E-state index in [9.17, 15) is 0 Å². The standard InChI is InChI=1S/C16H21N3O4/c1-20-12-7-11(8-13(21-2)14(12)22-3)15-18-16(23-19-15)10-5-4-6-17-9-10/h7-8,10,17H,4-6,9H2,1-3H3/t10-/m1/s1. The maximum absolute atomic E-state index is 5.45. The maximum Gasteiger partial charge on any atom is 0.231 e. The SMILES string of the molecule is COc1cc(-c2noc([C@@H]3CCCNC3)n2)cc(OC)c1OC. The van der Waals surface area contributed by atoms with Crippen LogP contribution in [0.4, 0.5) is 0 Å². The van der Waals surface area contributed by atoms with Crippen LogP contribution >= 0.6 is 0 Å². The van der Waals surface area contributed by atoms with Gasteiger partial charge in [0.1, 0.15) is 0 Å². The van der Waals surface area contributed by atoms with Crippen LogP contribution in [0.3, 0.4) is 0 Å². The first-order chi connectivity index (χ1) is 11.3. The molecule has 1 aromatic carbocycles. The van der Waals surface area contributed by atoms with E-state index in [-0.39, 0.29) is 5.92 Å². The third-order valence-electron chi connectivity index (χ3n) is 4.01. The molecule has 0 spiro atoms. The van der Waals surface area contributed by atoms with Crippen molar-refractivity contribution in [1.29, 1.82) is 0 Å². The molecule has 1 aliphatic heterocycles. The monoisotopic (exact) mass is 319 g/mol. The van der Waals surface area contributed by atoms with Crippen molar-refractivity contribution in [2.24, 2.45) is 0 Å². The van der Waals surface area contributed by atoms with Crippen molar-refractivity contribution in [3.05, 3.63) is 18.0 Å². The van der Waals surface area contributed by atoms with Gasteiger partial charge in [-0.15, -0.1) is 0 Å². The van der Waals surface area contributed by atoms with Gasteiger partial charge in [0, 0.05) is 12.1 Å². The summed E-state index contributed by atoms with van der Waals surface area (Å²) in [6, 6.07) is 3.63. The molecule has 0 amide bonds. The number of hydrogen-bond donors (Lipinski definition) is 1. The Bertz CT molecular complexity index is 640. The van der Waals surface area contributed by atoms with E-state index in [4.69, 9.17) is 18.7 Å². The highest BCUT2D eigenvalue weighted by molar-refractivity contribution is 5.66. The van der Waals surface area contributed by atoms with Crippen molar-refractivity contribution in [2.75, 3.05) is 34.4 Å². The highest BCUT2D eigenvalue weighted by atomic mass is 16.5. The summed E-state index contributed by atoms with van der Waals surface area (Å²) in [5, 5.41) is 7.45. The Morgan fingerprint density at radius 3 is 2.43 bits per heavy atom. The summed E-state index contributed by atoms with van der Waals surface area (Å²) in [6.45, 7) is 1.92. The predicted molar refractivity (Wildman–Crippen MR) is 84.2 cm³/mol. The molecule has 124 valence electrons. The Labute approximate surface area is 134 Å². The highest BCUT2D eigenvalue weighted by Crippen LogP contribution is 2.40. The molecule has 0 bridgehead atoms. The van der Waals surface area contributed by atoms with Crippen LogP contribution in [0.15, 0.2) is 16.7 Å². The van der Waals surface area contributed by atoms with Crippen molar-refractivity contribution < 1.29 is 18.7 Å². The van der Waals surface area contributed by atoms with Gasteiger partial charge in [-0.3, -0.25) is 0 Å². The fraction of sp³-hybridized carbons (Fsp3) is 0.500. The summed E-state index contributed by atoms with van der Waals surface area (Å²) in [5.74, 6) is 3.12. The minimum absolute atomic E-state index is 0.270. The lowest BCUT2D eigenvalue weighted by molar-refractivity contribution is 0.322. The van der Waals surface area contributed by atoms with Crippen LogP contribution in [0.25, 0.3) is 11.4 Å². The Morgan fingerprint density at radius 2 is 1.87 bits per heavy atom. The van der Waals surface area contributed by atoms with Crippen LogP contribution in [-0.4, -0.2) is 44.6 Å². The molecule has 7 heteroatoms. The van der Waals surface area contributed by atoms with Crippen molar-refractivity contribution >= 4 is 0 Å². The third-order valence-corrected chi connectivity index (χ3v) is 4.01. The van der Waals surface area contributed by atoms with E-state index >= 15 is 0 Å². The molecule has 2 heterocycles. The first kappa shape index (κ1) is 15.6. The lowest BCUT2D eigenvalue weighted by atomic mass is 10.00. The summed E-state index contributed by atoms with van der Waals surface area (Å²) in [7, 11) is 4.73. The quantitative estimate of drug-likeness (QED) is 0.905. The minimum Gasteiger partial charge on any atom is -0.493 e. The molecule has 1 aliphatic rings. The van der Waals surface area contributed by atoms with Gasteiger partial charge >= 0.3 is 0 Å². The summed E-state index contributed by atoms with van der Waals surface area (Å²) in [4.78, 5) is 4.54. The van der Waals surface area contributed by atoms with Gasteiger partial charge in [0.2, 0.25) is 17.5 Å². The predicted octanol–water partition coefficient (Wildman–Crippen LogP) is 2.23. The van der Waals surface area contributed by atoms with Crippen LogP contribution in [0.1, 0.15) is 24.7 Å². The highest BCUT2D eigenvalue weighted by Gasteiger charge is 2.23. The number of piperidine rings is 1.